The maximum atomic E-state index is 6.30. The molecule has 0 amide bonds. The van der Waals surface area contributed by atoms with Crippen molar-refractivity contribution in [1.29, 1.82) is 0 Å². The Labute approximate surface area is 138 Å². The summed E-state index contributed by atoms with van der Waals surface area (Å²) in [5.41, 5.74) is 5.83. The van der Waals surface area contributed by atoms with Crippen molar-refractivity contribution in [2.75, 3.05) is 0 Å². The Balaban J connectivity index is 1.94. The van der Waals surface area contributed by atoms with Crippen molar-refractivity contribution in [3.05, 3.63) is 89.7 Å². The van der Waals surface area contributed by atoms with Gasteiger partial charge in [-0.05, 0) is 36.9 Å². The SMILES string of the molecule is Cc1ccccc1B(OCc1ccccn1)c1ccccc1C. The molecule has 0 unspecified atom stereocenters. The maximum absolute atomic E-state index is 6.30. The third-order valence-electron chi connectivity index (χ3n) is 4.07. The summed E-state index contributed by atoms with van der Waals surface area (Å²) in [6.45, 7) is 4.67. The molecule has 114 valence electrons. The van der Waals surface area contributed by atoms with Crippen LogP contribution in [0.5, 0.6) is 0 Å². The smallest absolute Gasteiger partial charge is 0.362 e. The second-order valence-corrected chi connectivity index (χ2v) is 5.73. The molecular formula is C20H20BNO. The molecule has 0 aliphatic heterocycles. The summed E-state index contributed by atoms with van der Waals surface area (Å²) in [4.78, 5) is 4.36. The Hall–Kier alpha value is -2.39. The topological polar surface area (TPSA) is 22.1 Å². The molecule has 0 saturated carbocycles. The molecule has 0 spiro atoms. The van der Waals surface area contributed by atoms with Gasteiger partial charge in [-0.25, -0.2) is 0 Å². The normalized spacial score (nSPS) is 10.5. The molecule has 1 aromatic heterocycles. The molecule has 0 N–H and O–H groups in total. The minimum Gasteiger partial charge on any atom is -0.421 e. The Morgan fingerprint density at radius 2 is 1.35 bits per heavy atom. The summed E-state index contributed by atoms with van der Waals surface area (Å²) in [7, 11) is 0. The van der Waals surface area contributed by atoms with E-state index in [2.05, 4.69) is 67.4 Å². The average molecular weight is 301 g/mol. The lowest BCUT2D eigenvalue weighted by Crippen LogP contribution is -2.47. The van der Waals surface area contributed by atoms with Crippen molar-refractivity contribution < 1.29 is 4.65 Å². The van der Waals surface area contributed by atoms with E-state index in [0.717, 1.165) is 5.69 Å². The first-order chi connectivity index (χ1) is 11.3. The molecule has 0 fully saturated rings. The first kappa shape index (κ1) is 15.5. The van der Waals surface area contributed by atoms with Crippen LogP contribution in [-0.4, -0.2) is 11.9 Å². The van der Waals surface area contributed by atoms with Gasteiger partial charge in [-0.15, -0.1) is 0 Å². The van der Waals surface area contributed by atoms with Crippen LogP contribution in [0.1, 0.15) is 16.8 Å². The molecule has 0 aliphatic rings. The molecule has 0 bridgehead atoms. The van der Waals surface area contributed by atoms with E-state index in [4.69, 9.17) is 4.65 Å². The molecule has 0 atom stereocenters. The van der Waals surface area contributed by atoms with Gasteiger partial charge < -0.3 is 4.65 Å². The number of rotatable bonds is 5. The lowest BCUT2D eigenvalue weighted by atomic mass is 9.53. The predicted octanol–water partition coefficient (Wildman–Crippen LogP) is 3.02. The van der Waals surface area contributed by atoms with Crippen molar-refractivity contribution in [2.24, 2.45) is 0 Å². The highest BCUT2D eigenvalue weighted by Crippen LogP contribution is 2.05. The molecule has 0 aliphatic carbocycles. The van der Waals surface area contributed by atoms with Crippen molar-refractivity contribution in [3.63, 3.8) is 0 Å². The van der Waals surface area contributed by atoms with Gasteiger partial charge in [0.05, 0.1) is 12.3 Å². The summed E-state index contributed by atoms with van der Waals surface area (Å²) in [6, 6.07) is 22.7. The molecule has 2 aromatic carbocycles. The van der Waals surface area contributed by atoms with E-state index in [1.165, 1.54) is 22.1 Å². The second-order valence-electron chi connectivity index (χ2n) is 5.73. The number of benzene rings is 2. The van der Waals surface area contributed by atoms with Crippen LogP contribution < -0.4 is 10.9 Å². The van der Waals surface area contributed by atoms with Gasteiger partial charge in [0.1, 0.15) is 0 Å². The fourth-order valence-corrected chi connectivity index (χ4v) is 2.76. The predicted molar refractivity (Wildman–Crippen MR) is 96.4 cm³/mol. The van der Waals surface area contributed by atoms with Crippen LogP contribution in [0.4, 0.5) is 0 Å². The van der Waals surface area contributed by atoms with Crippen LogP contribution in [0.15, 0.2) is 72.9 Å². The summed E-state index contributed by atoms with van der Waals surface area (Å²) in [6.07, 6.45) is 1.80. The molecule has 3 heteroatoms. The number of aryl methyl sites for hydroxylation is 2. The Morgan fingerprint density at radius 1 is 0.783 bits per heavy atom. The minimum atomic E-state index is -0.0839. The first-order valence-corrected chi connectivity index (χ1v) is 7.88. The largest absolute Gasteiger partial charge is 0.421 e. The monoisotopic (exact) mass is 301 g/mol. The molecule has 0 saturated heterocycles. The summed E-state index contributed by atoms with van der Waals surface area (Å²) in [5, 5.41) is 0. The first-order valence-electron chi connectivity index (χ1n) is 7.88. The zero-order chi connectivity index (χ0) is 16.1. The zero-order valence-corrected chi connectivity index (χ0v) is 13.6. The molecule has 1 heterocycles. The summed E-state index contributed by atoms with van der Waals surface area (Å²) in [5.74, 6) is 0. The second kappa shape index (κ2) is 7.25. The van der Waals surface area contributed by atoms with Gasteiger partial charge in [0.15, 0.2) is 0 Å². The third-order valence-corrected chi connectivity index (χ3v) is 4.07. The third kappa shape index (κ3) is 3.69. The lowest BCUT2D eigenvalue weighted by Gasteiger charge is -2.19. The van der Waals surface area contributed by atoms with Crippen LogP contribution in [0.25, 0.3) is 0 Å². The summed E-state index contributed by atoms with van der Waals surface area (Å²) < 4.78 is 6.30. The fraction of sp³-hybridized carbons (Fsp3) is 0.150. The van der Waals surface area contributed by atoms with Gasteiger partial charge in [0.2, 0.25) is 0 Å². The van der Waals surface area contributed by atoms with Crippen molar-refractivity contribution >= 4 is 17.8 Å². The number of hydrogen-bond donors (Lipinski definition) is 0. The number of aromatic nitrogens is 1. The molecule has 2 nitrogen and oxygen atoms in total. The van der Waals surface area contributed by atoms with Gasteiger partial charge >= 0.3 is 6.92 Å². The van der Waals surface area contributed by atoms with Crippen molar-refractivity contribution in [1.82, 2.24) is 4.98 Å². The highest BCUT2D eigenvalue weighted by Gasteiger charge is 2.24. The molecule has 23 heavy (non-hydrogen) atoms. The van der Waals surface area contributed by atoms with E-state index in [-0.39, 0.29) is 6.92 Å². The standard InChI is InChI=1S/C20H20BNO/c1-16-9-3-5-12-19(16)21(20-13-6-4-10-17(20)2)23-15-18-11-7-8-14-22-18/h3-14H,15H2,1-2H3. The van der Waals surface area contributed by atoms with Gasteiger partial charge in [0, 0.05) is 6.20 Å². The van der Waals surface area contributed by atoms with E-state index in [0.29, 0.717) is 6.61 Å². The van der Waals surface area contributed by atoms with Crippen molar-refractivity contribution in [2.45, 2.75) is 20.5 Å². The van der Waals surface area contributed by atoms with Gasteiger partial charge in [-0.2, -0.15) is 0 Å². The summed E-state index contributed by atoms with van der Waals surface area (Å²) >= 11 is 0. The average Bonchev–Trinajstić information content (AvgIpc) is 2.59. The Morgan fingerprint density at radius 3 is 1.87 bits per heavy atom. The zero-order valence-electron chi connectivity index (χ0n) is 13.6. The highest BCUT2D eigenvalue weighted by atomic mass is 16.4. The maximum Gasteiger partial charge on any atom is 0.362 e. The number of pyridine rings is 1. The Bertz CT molecular complexity index is 728. The van der Waals surface area contributed by atoms with Crippen LogP contribution in [0.2, 0.25) is 0 Å². The van der Waals surface area contributed by atoms with Gasteiger partial charge in [-0.1, -0.05) is 65.7 Å². The quantitative estimate of drug-likeness (QED) is 0.676. The van der Waals surface area contributed by atoms with Crippen molar-refractivity contribution in [3.8, 4) is 0 Å². The van der Waals surface area contributed by atoms with Crippen LogP contribution in [0, 0.1) is 13.8 Å². The van der Waals surface area contributed by atoms with E-state index >= 15 is 0 Å². The molecule has 3 aromatic rings. The van der Waals surface area contributed by atoms with E-state index in [1.807, 2.05) is 18.2 Å². The molecule has 3 rings (SSSR count). The highest BCUT2D eigenvalue weighted by molar-refractivity contribution is 6.80. The number of hydrogen-bond acceptors (Lipinski definition) is 2. The number of nitrogens with zero attached hydrogens (tertiary/aromatic N) is 1. The fourth-order valence-electron chi connectivity index (χ4n) is 2.76. The lowest BCUT2D eigenvalue weighted by molar-refractivity contribution is 0.316. The molecule has 0 radical (unpaired) electrons. The van der Waals surface area contributed by atoms with Crippen LogP contribution in [-0.2, 0) is 11.3 Å². The molecular weight excluding hydrogens is 281 g/mol. The Kier molecular flexibility index (Phi) is 4.89. The minimum absolute atomic E-state index is 0.0839. The van der Waals surface area contributed by atoms with Gasteiger partial charge in [-0.3, -0.25) is 4.98 Å². The van der Waals surface area contributed by atoms with Crippen LogP contribution >= 0.6 is 0 Å². The van der Waals surface area contributed by atoms with E-state index in [1.54, 1.807) is 6.20 Å². The van der Waals surface area contributed by atoms with E-state index < -0.39 is 0 Å². The van der Waals surface area contributed by atoms with Gasteiger partial charge in [0.25, 0.3) is 0 Å². The van der Waals surface area contributed by atoms with E-state index in [9.17, 15) is 0 Å². The van der Waals surface area contributed by atoms with Crippen LogP contribution in [0.3, 0.4) is 0 Å².